The van der Waals surface area contributed by atoms with Crippen molar-refractivity contribution in [2.75, 3.05) is 30.4 Å². The largest absolute Gasteiger partial charge is 0.357 e. The Labute approximate surface area is 208 Å². The van der Waals surface area contributed by atoms with Crippen LogP contribution in [0.3, 0.4) is 0 Å². The molecule has 0 spiro atoms. The van der Waals surface area contributed by atoms with Crippen molar-refractivity contribution < 1.29 is 14.4 Å². The fourth-order valence-electron chi connectivity index (χ4n) is 4.54. The standard InChI is InChI=1S/C27H28N6O3/c1-31(26(36)19-8-3-2-4-9-19)20-12-13-23-22(18-20)29-27(30-25(35)21-10-5-14-28-21)33(23)17-7-16-32-15-6-11-24(32)34/h2-5,8-10,12-14,18,28H,6-7,11,15-17H2,1H3,(H,29,30,35). The molecule has 0 aliphatic carbocycles. The zero-order chi connectivity index (χ0) is 25.1. The molecule has 1 fully saturated rings. The number of carbonyl (C=O) groups is 3. The van der Waals surface area contributed by atoms with Gasteiger partial charge in [0, 0.05) is 50.6 Å². The van der Waals surface area contributed by atoms with E-state index in [0.717, 1.165) is 24.9 Å². The van der Waals surface area contributed by atoms with Gasteiger partial charge in [-0.1, -0.05) is 18.2 Å². The number of amides is 3. The minimum Gasteiger partial charge on any atom is -0.357 e. The van der Waals surface area contributed by atoms with Crippen molar-refractivity contribution in [1.29, 1.82) is 0 Å². The van der Waals surface area contributed by atoms with Crippen LogP contribution in [0.15, 0.2) is 66.9 Å². The van der Waals surface area contributed by atoms with Crippen LogP contribution in [-0.2, 0) is 11.3 Å². The summed E-state index contributed by atoms with van der Waals surface area (Å²) in [6, 6.07) is 18.2. The SMILES string of the molecule is CN(C(=O)c1ccccc1)c1ccc2c(c1)nc(NC(=O)c1ccc[nH]1)n2CCCN1CCCC1=O. The molecular formula is C27H28N6O3. The molecule has 3 amide bonds. The lowest BCUT2D eigenvalue weighted by Gasteiger charge is -2.18. The molecule has 2 aromatic heterocycles. The summed E-state index contributed by atoms with van der Waals surface area (Å²) in [6.07, 6.45) is 3.94. The number of benzene rings is 2. The lowest BCUT2D eigenvalue weighted by molar-refractivity contribution is -0.127. The molecule has 1 saturated heterocycles. The molecule has 9 heteroatoms. The summed E-state index contributed by atoms with van der Waals surface area (Å²) in [5, 5.41) is 2.91. The van der Waals surface area contributed by atoms with Crippen molar-refractivity contribution in [2.45, 2.75) is 25.8 Å². The van der Waals surface area contributed by atoms with Gasteiger partial charge in [-0.2, -0.15) is 0 Å². The summed E-state index contributed by atoms with van der Waals surface area (Å²) in [4.78, 5) is 48.8. The average Bonchev–Trinajstić information content (AvgIpc) is 3.65. The number of aromatic nitrogens is 3. The molecule has 9 nitrogen and oxygen atoms in total. The second kappa shape index (κ2) is 10.1. The second-order valence-corrected chi connectivity index (χ2v) is 8.87. The Hall–Kier alpha value is -4.40. The van der Waals surface area contributed by atoms with Gasteiger partial charge >= 0.3 is 0 Å². The van der Waals surface area contributed by atoms with Gasteiger partial charge in [0.2, 0.25) is 11.9 Å². The quantitative estimate of drug-likeness (QED) is 0.396. The van der Waals surface area contributed by atoms with Gasteiger partial charge in [-0.15, -0.1) is 0 Å². The normalized spacial score (nSPS) is 13.4. The lowest BCUT2D eigenvalue weighted by atomic mass is 10.2. The predicted octanol–water partition coefficient (Wildman–Crippen LogP) is 3.91. The van der Waals surface area contributed by atoms with Crippen LogP contribution in [0.1, 0.15) is 40.1 Å². The van der Waals surface area contributed by atoms with Crippen molar-refractivity contribution in [2.24, 2.45) is 0 Å². The number of nitrogens with zero attached hydrogens (tertiary/aromatic N) is 4. The van der Waals surface area contributed by atoms with Crippen molar-refractivity contribution in [1.82, 2.24) is 19.4 Å². The second-order valence-electron chi connectivity index (χ2n) is 8.87. The molecule has 5 rings (SSSR count). The molecule has 0 bridgehead atoms. The van der Waals surface area contributed by atoms with Crippen LogP contribution in [0.2, 0.25) is 0 Å². The number of hydrogen-bond acceptors (Lipinski definition) is 4. The number of aryl methyl sites for hydroxylation is 1. The van der Waals surface area contributed by atoms with E-state index in [1.165, 1.54) is 0 Å². The number of nitrogens with one attached hydrogen (secondary N) is 2. The van der Waals surface area contributed by atoms with Gasteiger partial charge in [-0.3, -0.25) is 19.7 Å². The van der Waals surface area contributed by atoms with Gasteiger partial charge in [0.1, 0.15) is 5.69 Å². The van der Waals surface area contributed by atoms with E-state index >= 15 is 0 Å². The maximum Gasteiger partial charge on any atom is 0.274 e. The molecule has 1 aliphatic heterocycles. The number of anilines is 2. The van der Waals surface area contributed by atoms with Gasteiger partial charge in [0.15, 0.2) is 0 Å². The highest BCUT2D eigenvalue weighted by Crippen LogP contribution is 2.26. The topological polar surface area (TPSA) is 103 Å². The van der Waals surface area contributed by atoms with Crippen molar-refractivity contribution in [3.05, 3.63) is 78.1 Å². The van der Waals surface area contributed by atoms with Gasteiger partial charge in [-0.25, -0.2) is 4.98 Å². The molecule has 36 heavy (non-hydrogen) atoms. The smallest absolute Gasteiger partial charge is 0.274 e. The van der Waals surface area contributed by atoms with Crippen molar-refractivity contribution >= 4 is 40.4 Å². The van der Waals surface area contributed by atoms with E-state index in [4.69, 9.17) is 4.98 Å². The van der Waals surface area contributed by atoms with E-state index in [1.807, 2.05) is 45.9 Å². The van der Waals surface area contributed by atoms with E-state index in [-0.39, 0.29) is 17.7 Å². The predicted molar refractivity (Wildman–Crippen MR) is 138 cm³/mol. The van der Waals surface area contributed by atoms with Crippen LogP contribution in [-0.4, -0.2) is 57.3 Å². The highest BCUT2D eigenvalue weighted by molar-refractivity contribution is 6.06. The van der Waals surface area contributed by atoms with Crippen molar-refractivity contribution in [3.63, 3.8) is 0 Å². The molecule has 0 radical (unpaired) electrons. The zero-order valence-electron chi connectivity index (χ0n) is 20.1. The Morgan fingerprint density at radius 2 is 1.92 bits per heavy atom. The highest BCUT2D eigenvalue weighted by Gasteiger charge is 2.21. The lowest BCUT2D eigenvalue weighted by Crippen LogP contribution is -2.26. The van der Waals surface area contributed by atoms with Gasteiger partial charge < -0.3 is 19.4 Å². The number of imidazole rings is 1. The Kier molecular flexibility index (Phi) is 6.53. The molecule has 0 unspecified atom stereocenters. The van der Waals surface area contributed by atoms with Crippen LogP contribution >= 0.6 is 0 Å². The number of fused-ring (bicyclic) bond motifs is 1. The summed E-state index contributed by atoms with van der Waals surface area (Å²) < 4.78 is 1.96. The summed E-state index contributed by atoms with van der Waals surface area (Å²) >= 11 is 0. The van der Waals surface area contributed by atoms with E-state index in [9.17, 15) is 14.4 Å². The molecule has 1 aliphatic rings. The summed E-state index contributed by atoms with van der Waals surface area (Å²) in [6.45, 7) is 2.04. The fourth-order valence-corrected chi connectivity index (χ4v) is 4.54. The Morgan fingerprint density at radius 1 is 1.08 bits per heavy atom. The number of hydrogen-bond donors (Lipinski definition) is 2. The van der Waals surface area contributed by atoms with E-state index in [1.54, 1.807) is 42.4 Å². The Bertz CT molecular complexity index is 1390. The Balaban J connectivity index is 1.42. The first-order valence-electron chi connectivity index (χ1n) is 12.1. The van der Waals surface area contributed by atoms with Crippen LogP contribution in [0, 0.1) is 0 Å². The monoisotopic (exact) mass is 484 g/mol. The summed E-state index contributed by atoms with van der Waals surface area (Å²) in [5.74, 6) is 0.209. The third-order valence-corrected chi connectivity index (χ3v) is 6.49. The van der Waals surface area contributed by atoms with Gasteiger partial charge in [0.25, 0.3) is 11.8 Å². The third kappa shape index (κ3) is 4.72. The van der Waals surface area contributed by atoms with E-state index in [0.29, 0.717) is 47.9 Å². The first-order valence-corrected chi connectivity index (χ1v) is 12.1. The third-order valence-electron chi connectivity index (χ3n) is 6.49. The number of H-pyrrole nitrogens is 1. The van der Waals surface area contributed by atoms with Crippen molar-refractivity contribution in [3.8, 4) is 0 Å². The van der Waals surface area contributed by atoms with Crippen LogP contribution in [0.4, 0.5) is 11.6 Å². The molecule has 0 atom stereocenters. The first kappa shape index (κ1) is 23.3. The molecule has 184 valence electrons. The highest BCUT2D eigenvalue weighted by atomic mass is 16.2. The minimum atomic E-state index is -0.289. The maximum absolute atomic E-state index is 12.9. The fraction of sp³-hybridized carbons (Fsp3) is 0.259. The van der Waals surface area contributed by atoms with Crippen LogP contribution in [0.5, 0.6) is 0 Å². The van der Waals surface area contributed by atoms with Gasteiger partial charge in [0.05, 0.1) is 11.0 Å². The molecule has 3 heterocycles. The molecule has 2 aromatic carbocycles. The molecule has 0 saturated carbocycles. The Morgan fingerprint density at radius 3 is 2.64 bits per heavy atom. The zero-order valence-corrected chi connectivity index (χ0v) is 20.1. The molecule has 4 aromatic rings. The first-order chi connectivity index (χ1) is 17.5. The number of carbonyl (C=O) groups excluding carboxylic acids is 3. The van der Waals surface area contributed by atoms with Crippen LogP contribution in [0.25, 0.3) is 11.0 Å². The van der Waals surface area contributed by atoms with Crippen LogP contribution < -0.4 is 10.2 Å². The number of aromatic amines is 1. The summed E-state index contributed by atoms with van der Waals surface area (Å²) in [5.41, 5.74) is 3.24. The number of likely N-dealkylation sites (tertiary alicyclic amines) is 1. The van der Waals surface area contributed by atoms with E-state index < -0.39 is 0 Å². The van der Waals surface area contributed by atoms with E-state index in [2.05, 4.69) is 10.3 Å². The number of rotatable bonds is 8. The van der Waals surface area contributed by atoms with Gasteiger partial charge in [-0.05, 0) is 55.3 Å². The molecule has 2 N–H and O–H groups in total. The minimum absolute atomic E-state index is 0.120. The molecular weight excluding hydrogens is 456 g/mol. The average molecular weight is 485 g/mol. The maximum atomic E-state index is 12.9. The summed E-state index contributed by atoms with van der Waals surface area (Å²) in [7, 11) is 1.73.